The van der Waals surface area contributed by atoms with Crippen LogP contribution in [0.25, 0.3) is 11.0 Å². The van der Waals surface area contributed by atoms with Crippen molar-refractivity contribution in [1.82, 2.24) is 14.5 Å². The normalized spacial score (nSPS) is 11.8. The van der Waals surface area contributed by atoms with Crippen LogP contribution in [-0.2, 0) is 18.3 Å². The van der Waals surface area contributed by atoms with E-state index in [1.807, 2.05) is 45.9 Å². The highest BCUT2D eigenvalue weighted by atomic mass is 32.2. The Morgan fingerprint density at radius 2 is 2.00 bits per heavy atom. The first-order valence-corrected chi connectivity index (χ1v) is 9.55. The van der Waals surface area contributed by atoms with E-state index in [-0.39, 0.29) is 5.54 Å². The lowest BCUT2D eigenvalue weighted by atomic mass is 9.94. The van der Waals surface area contributed by atoms with Crippen molar-refractivity contribution >= 4 is 34.3 Å². The minimum atomic E-state index is -0.345. The fourth-order valence-corrected chi connectivity index (χ4v) is 3.91. The molecule has 0 aliphatic carbocycles. The molecular weight excluding hydrogens is 344 g/mol. The quantitative estimate of drug-likeness (QED) is 0.576. The topological polar surface area (TPSA) is 80.8 Å². The molecular formula is C19H26N6S. The Bertz CT molecular complexity index is 926. The van der Waals surface area contributed by atoms with Crippen LogP contribution in [0.15, 0.2) is 35.6 Å². The number of hydrogen-bond acceptors (Lipinski definition) is 6. The van der Waals surface area contributed by atoms with Gasteiger partial charge in [-0.25, -0.2) is 9.97 Å². The minimum Gasteiger partial charge on any atom is -0.384 e. The Morgan fingerprint density at radius 1 is 1.23 bits per heavy atom. The Kier molecular flexibility index (Phi) is 5.11. The SMILES string of the molecule is CNc1nc(SCc2cccc(C(C)(C)N)c2)c(NC)c2c1ncn2C. The number of thioether (sulfide) groups is 1. The van der Waals surface area contributed by atoms with Gasteiger partial charge in [-0.05, 0) is 25.0 Å². The van der Waals surface area contributed by atoms with Crippen LogP contribution in [0.5, 0.6) is 0 Å². The first kappa shape index (κ1) is 18.5. The first-order valence-electron chi connectivity index (χ1n) is 8.56. The van der Waals surface area contributed by atoms with Gasteiger partial charge in [0.15, 0.2) is 5.82 Å². The maximum absolute atomic E-state index is 6.24. The lowest BCUT2D eigenvalue weighted by Gasteiger charge is -2.20. The van der Waals surface area contributed by atoms with E-state index in [9.17, 15) is 0 Å². The predicted molar refractivity (Wildman–Crippen MR) is 111 cm³/mol. The van der Waals surface area contributed by atoms with Gasteiger partial charge >= 0.3 is 0 Å². The van der Waals surface area contributed by atoms with Gasteiger partial charge in [-0.3, -0.25) is 0 Å². The lowest BCUT2D eigenvalue weighted by Crippen LogP contribution is -2.28. The fraction of sp³-hybridized carbons (Fsp3) is 0.368. The minimum absolute atomic E-state index is 0.345. The zero-order valence-electron chi connectivity index (χ0n) is 15.9. The van der Waals surface area contributed by atoms with E-state index < -0.39 is 0 Å². The molecule has 4 N–H and O–H groups in total. The standard InChI is InChI=1S/C19H26N6S/c1-19(2,20)13-8-6-7-12(9-13)10-26-18-15(21-3)16-14(17(22-4)24-18)23-11-25(16)5/h6-9,11,21H,10,20H2,1-5H3,(H,22,24). The smallest absolute Gasteiger partial charge is 0.155 e. The maximum Gasteiger partial charge on any atom is 0.155 e. The molecule has 6 nitrogen and oxygen atoms in total. The largest absolute Gasteiger partial charge is 0.384 e. The molecule has 0 aliphatic rings. The summed E-state index contributed by atoms with van der Waals surface area (Å²) in [6.07, 6.45) is 1.81. The van der Waals surface area contributed by atoms with Gasteiger partial charge in [0.25, 0.3) is 0 Å². The van der Waals surface area contributed by atoms with E-state index in [4.69, 9.17) is 10.7 Å². The number of imidazole rings is 1. The summed E-state index contributed by atoms with van der Waals surface area (Å²) >= 11 is 1.70. The monoisotopic (exact) mass is 370 g/mol. The van der Waals surface area contributed by atoms with Gasteiger partial charge in [-0.15, -0.1) is 0 Å². The van der Waals surface area contributed by atoms with E-state index in [1.165, 1.54) is 5.56 Å². The molecule has 2 heterocycles. The molecule has 138 valence electrons. The van der Waals surface area contributed by atoms with Crippen molar-refractivity contribution in [1.29, 1.82) is 0 Å². The molecule has 1 aromatic carbocycles. The molecule has 2 aromatic heterocycles. The maximum atomic E-state index is 6.24. The number of benzene rings is 1. The summed E-state index contributed by atoms with van der Waals surface area (Å²) in [6.45, 7) is 4.05. The van der Waals surface area contributed by atoms with Gasteiger partial charge in [0.05, 0.1) is 17.5 Å². The average Bonchev–Trinajstić information content (AvgIpc) is 3.00. The molecule has 0 aliphatic heterocycles. The number of fused-ring (bicyclic) bond motifs is 1. The van der Waals surface area contributed by atoms with E-state index in [0.29, 0.717) is 0 Å². The van der Waals surface area contributed by atoms with Crippen LogP contribution in [0.4, 0.5) is 11.5 Å². The average molecular weight is 371 g/mol. The number of pyridine rings is 1. The second kappa shape index (κ2) is 7.17. The van der Waals surface area contributed by atoms with E-state index in [2.05, 4.69) is 39.9 Å². The molecule has 7 heteroatoms. The molecule has 0 amide bonds. The molecule has 0 saturated carbocycles. The number of nitrogens with one attached hydrogen (secondary N) is 2. The lowest BCUT2D eigenvalue weighted by molar-refractivity contribution is 0.554. The molecule has 26 heavy (non-hydrogen) atoms. The molecule has 0 spiro atoms. The van der Waals surface area contributed by atoms with Crippen LogP contribution >= 0.6 is 11.8 Å². The second-order valence-corrected chi connectivity index (χ2v) is 7.87. The van der Waals surface area contributed by atoms with Gasteiger partial charge in [-0.1, -0.05) is 36.0 Å². The summed E-state index contributed by atoms with van der Waals surface area (Å²) in [7, 11) is 5.79. The number of anilines is 2. The van der Waals surface area contributed by atoms with Crippen molar-refractivity contribution in [3.8, 4) is 0 Å². The molecule has 0 atom stereocenters. The van der Waals surface area contributed by atoms with Gasteiger partial charge in [0.1, 0.15) is 10.5 Å². The molecule has 0 radical (unpaired) electrons. The van der Waals surface area contributed by atoms with Crippen LogP contribution in [0.2, 0.25) is 0 Å². The Labute approximate surface area is 158 Å². The highest BCUT2D eigenvalue weighted by Gasteiger charge is 2.18. The van der Waals surface area contributed by atoms with Gasteiger partial charge < -0.3 is 20.9 Å². The number of aromatic nitrogens is 3. The molecule has 0 saturated heterocycles. The van der Waals surface area contributed by atoms with Crippen molar-refractivity contribution in [3.05, 3.63) is 41.7 Å². The summed E-state index contributed by atoms with van der Waals surface area (Å²) in [4.78, 5) is 9.25. The summed E-state index contributed by atoms with van der Waals surface area (Å²) in [5.74, 6) is 1.61. The first-order chi connectivity index (χ1) is 12.3. The highest BCUT2D eigenvalue weighted by molar-refractivity contribution is 7.98. The van der Waals surface area contributed by atoms with Gasteiger partial charge in [-0.2, -0.15) is 0 Å². The van der Waals surface area contributed by atoms with E-state index in [1.54, 1.807) is 11.8 Å². The van der Waals surface area contributed by atoms with Crippen molar-refractivity contribution in [3.63, 3.8) is 0 Å². The summed E-state index contributed by atoms with van der Waals surface area (Å²) in [6, 6.07) is 8.44. The van der Waals surface area contributed by atoms with Crippen LogP contribution in [0, 0.1) is 0 Å². The summed E-state index contributed by atoms with van der Waals surface area (Å²) < 4.78 is 2.02. The zero-order valence-corrected chi connectivity index (χ0v) is 16.7. The van der Waals surface area contributed by atoms with Crippen LogP contribution in [0.3, 0.4) is 0 Å². The number of aryl methyl sites for hydroxylation is 1. The van der Waals surface area contributed by atoms with Gasteiger partial charge in [0.2, 0.25) is 0 Å². The molecule has 0 bridgehead atoms. The third-order valence-electron chi connectivity index (χ3n) is 4.36. The number of rotatable bonds is 6. The third kappa shape index (κ3) is 3.50. The fourth-order valence-electron chi connectivity index (χ4n) is 2.93. The zero-order chi connectivity index (χ0) is 18.9. The van der Waals surface area contributed by atoms with Crippen molar-refractivity contribution < 1.29 is 0 Å². The molecule has 0 fully saturated rings. The number of nitrogens with two attached hydrogens (primary N) is 1. The van der Waals surface area contributed by atoms with E-state index in [0.717, 1.165) is 38.9 Å². The Hall–Kier alpha value is -2.25. The summed E-state index contributed by atoms with van der Waals surface area (Å²) in [5.41, 5.74) is 11.2. The van der Waals surface area contributed by atoms with Crippen molar-refractivity contribution in [2.75, 3.05) is 24.7 Å². The molecule has 3 aromatic rings. The molecule has 0 unspecified atom stereocenters. The Balaban J connectivity index is 1.95. The van der Waals surface area contributed by atoms with E-state index >= 15 is 0 Å². The van der Waals surface area contributed by atoms with Crippen LogP contribution in [-0.4, -0.2) is 28.6 Å². The van der Waals surface area contributed by atoms with Gasteiger partial charge in [0, 0.05) is 32.4 Å². The van der Waals surface area contributed by atoms with Crippen LogP contribution < -0.4 is 16.4 Å². The second-order valence-electron chi connectivity index (χ2n) is 6.90. The molecule has 3 rings (SSSR count). The predicted octanol–water partition coefficient (Wildman–Crippen LogP) is 3.54. The third-order valence-corrected chi connectivity index (χ3v) is 5.41. The summed E-state index contributed by atoms with van der Waals surface area (Å²) in [5, 5.41) is 7.40. The van der Waals surface area contributed by atoms with Crippen molar-refractivity contribution in [2.24, 2.45) is 12.8 Å². The Morgan fingerprint density at radius 3 is 2.65 bits per heavy atom. The van der Waals surface area contributed by atoms with Crippen molar-refractivity contribution in [2.45, 2.75) is 30.2 Å². The number of nitrogens with zero attached hydrogens (tertiary/aromatic N) is 3. The van der Waals surface area contributed by atoms with Crippen LogP contribution in [0.1, 0.15) is 25.0 Å². The highest BCUT2D eigenvalue weighted by Crippen LogP contribution is 2.36. The number of hydrogen-bond donors (Lipinski definition) is 3.